The van der Waals surface area contributed by atoms with Crippen LogP contribution in [0.25, 0.3) is 0 Å². The lowest BCUT2D eigenvalue weighted by Crippen LogP contribution is -2.45. The highest BCUT2D eigenvalue weighted by atomic mass is 15.0. The zero-order valence-corrected chi connectivity index (χ0v) is 14.1. The highest BCUT2D eigenvalue weighted by Gasteiger charge is 2.31. The highest BCUT2D eigenvalue weighted by Crippen LogP contribution is 2.39. The number of benzene rings is 1. The Hall–Kier alpha value is -0.820. The van der Waals surface area contributed by atoms with E-state index in [0.717, 1.165) is 0 Å². The summed E-state index contributed by atoms with van der Waals surface area (Å²) in [6, 6.07) is 9.50. The van der Waals surface area contributed by atoms with Gasteiger partial charge in [0, 0.05) is 11.6 Å². The van der Waals surface area contributed by atoms with E-state index in [1.165, 1.54) is 24.8 Å². The Morgan fingerprint density at radius 1 is 1.00 bits per heavy atom. The number of hydrogen-bond acceptors (Lipinski definition) is 1. The van der Waals surface area contributed by atoms with Gasteiger partial charge in [0.15, 0.2) is 0 Å². The molecule has 0 radical (unpaired) electrons. The third kappa shape index (κ3) is 3.85. The van der Waals surface area contributed by atoms with Crippen LogP contribution >= 0.6 is 0 Å². The summed E-state index contributed by atoms with van der Waals surface area (Å²) in [6.07, 6.45) is 3.74. The van der Waals surface area contributed by atoms with Crippen LogP contribution in [0.3, 0.4) is 0 Å². The molecule has 0 spiro atoms. The zero-order valence-electron chi connectivity index (χ0n) is 14.1. The van der Waals surface area contributed by atoms with Crippen molar-refractivity contribution in [2.24, 2.45) is 5.41 Å². The van der Waals surface area contributed by atoms with Crippen molar-refractivity contribution < 1.29 is 0 Å². The van der Waals surface area contributed by atoms with Gasteiger partial charge in [0.2, 0.25) is 0 Å². The molecular weight excluding hydrogens is 242 g/mol. The van der Waals surface area contributed by atoms with E-state index in [-0.39, 0.29) is 5.54 Å². The second-order valence-electron chi connectivity index (χ2n) is 8.43. The minimum absolute atomic E-state index is 0.177. The molecule has 2 unspecified atom stereocenters. The van der Waals surface area contributed by atoms with Gasteiger partial charge < -0.3 is 5.32 Å². The van der Waals surface area contributed by atoms with Gasteiger partial charge in [0.1, 0.15) is 0 Å². The van der Waals surface area contributed by atoms with E-state index < -0.39 is 0 Å². The topological polar surface area (TPSA) is 12.0 Å². The smallest absolute Gasteiger partial charge is 0.0328 e. The molecule has 0 saturated heterocycles. The van der Waals surface area contributed by atoms with Crippen molar-refractivity contribution in [2.45, 2.75) is 78.3 Å². The predicted molar refractivity (Wildman–Crippen MR) is 88.1 cm³/mol. The van der Waals surface area contributed by atoms with Gasteiger partial charge in [-0.15, -0.1) is 0 Å². The van der Waals surface area contributed by atoms with E-state index in [2.05, 4.69) is 71.1 Å². The lowest BCUT2D eigenvalue weighted by molar-refractivity contribution is 0.213. The van der Waals surface area contributed by atoms with Crippen LogP contribution in [0.15, 0.2) is 24.3 Å². The number of fused-ring (bicyclic) bond motifs is 1. The zero-order chi connectivity index (χ0) is 15.0. The minimum atomic E-state index is 0.177. The fraction of sp³-hybridized carbons (Fsp3) is 0.684. The molecule has 1 aliphatic rings. The van der Waals surface area contributed by atoms with Gasteiger partial charge in [-0.25, -0.2) is 0 Å². The largest absolute Gasteiger partial charge is 0.305 e. The molecule has 1 N–H and O–H groups in total. The van der Waals surface area contributed by atoms with E-state index >= 15 is 0 Å². The maximum atomic E-state index is 3.93. The summed E-state index contributed by atoms with van der Waals surface area (Å²) in [5.74, 6) is 0.704. The third-order valence-electron chi connectivity index (χ3n) is 4.33. The number of rotatable bonds is 3. The van der Waals surface area contributed by atoms with Gasteiger partial charge >= 0.3 is 0 Å². The Bertz CT molecular complexity index is 453. The first-order valence-electron chi connectivity index (χ1n) is 8.04. The monoisotopic (exact) mass is 273 g/mol. The summed E-state index contributed by atoms with van der Waals surface area (Å²) < 4.78 is 0. The van der Waals surface area contributed by atoms with Gasteiger partial charge in [-0.2, -0.15) is 0 Å². The molecule has 0 heterocycles. The quantitative estimate of drug-likeness (QED) is 0.774. The lowest BCUT2D eigenvalue weighted by atomic mass is 9.78. The first-order chi connectivity index (χ1) is 9.18. The fourth-order valence-electron chi connectivity index (χ4n) is 4.00. The molecule has 1 aliphatic carbocycles. The Kier molecular flexibility index (Phi) is 4.30. The van der Waals surface area contributed by atoms with Gasteiger partial charge in [-0.1, -0.05) is 52.0 Å². The van der Waals surface area contributed by atoms with Crippen molar-refractivity contribution >= 4 is 0 Å². The Balaban J connectivity index is 2.17. The number of hydrogen-bond donors (Lipinski definition) is 1. The van der Waals surface area contributed by atoms with Crippen LogP contribution in [0.1, 0.15) is 83.9 Å². The van der Waals surface area contributed by atoms with Crippen molar-refractivity contribution in [3.05, 3.63) is 35.4 Å². The molecule has 0 aliphatic heterocycles. The van der Waals surface area contributed by atoms with E-state index in [4.69, 9.17) is 0 Å². The molecule has 0 aromatic heterocycles. The van der Waals surface area contributed by atoms with Crippen LogP contribution in [0.4, 0.5) is 0 Å². The van der Waals surface area contributed by atoms with Crippen LogP contribution in [0.5, 0.6) is 0 Å². The summed E-state index contributed by atoms with van der Waals surface area (Å²) in [7, 11) is 0. The van der Waals surface area contributed by atoms with Crippen molar-refractivity contribution in [3.63, 3.8) is 0 Å². The van der Waals surface area contributed by atoms with Gasteiger partial charge in [0.25, 0.3) is 0 Å². The molecule has 1 aromatic carbocycles. The van der Waals surface area contributed by atoms with Crippen molar-refractivity contribution in [1.82, 2.24) is 5.32 Å². The molecule has 1 aromatic rings. The SMILES string of the molecule is CC1CCC(NC(C)(C)CC(C)(C)C)c2ccccc21. The normalized spacial score (nSPS) is 23.5. The van der Waals surface area contributed by atoms with E-state index in [0.29, 0.717) is 17.4 Å². The Morgan fingerprint density at radius 2 is 1.60 bits per heavy atom. The first kappa shape index (κ1) is 15.6. The summed E-state index contributed by atoms with van der Waals surface area (Å²) in [6.45, 7) is 14.0. The van der Waals surface area contributed by atoms with Crippen LogP contribution < -0.4 is 5.32 Å². The van der Waals surface area contributed by atoms with Crippen LogP contribution in [0, 0.1) is 5.41 Å². The van der Waals surface area contributed by atoms with Gasteiger partial charge in [0.05, 0.1) is 0 Å². The van der Waals surface area contributed by atoms with Crippen molar-refractivity contribution in [3.8, 4) is 0 Å². The molecule has 0 bridgehead atoms. The Labute approximate surface area is 125 Å². The molecule has 2 atom stereocenters. The average Bonchev–Trinajstić information content (AvgIpc) is 2.30. The van der Waals surface area contributed by atoms with Crippen LogP contribution in [-0.4, -0.2) is 5.54 Å². The molecule has 1 heteroatoms. The standard InChI is InChI=1S/C19H31N/c1-14-11-12-17(16-10-8-7-9-15(14)16)20-19(5,6)13-18(2,3)4/h7-10,14,17,20H,11-13H2,1-6H3. The molecule has 0 fully saturated rings. The van der Waals surface area contributed by atoms with E-state index in [1.807, 2.05) is 0 Å². The molecule has 2 rings (SSSR count). The molecular formula is C19H31N. The van der Waals surface area contributed by atoms with Crippen molar-refractivity contribution in [1.29, 1.82) is 0 Å². The first-order valence-corrected chi connectivity index (χ1v) is 8.04. The third-order valence-corrected chi connectivity index (χ3v) is 4.33. The second-order valence-corrected chi connectivity index (χ2v) is 8.43. The van der Waals surface area contributed by atoms with E-state index in [1.54, 1.807) is 5.56 Å². The predicted octanol–water partition coefficient (Wildman–Crippen LogP) is 5.43. The average molecular weight is 273 g/mol. The van der Waals surface area contributed by atoms with Crippen LogP contribution in [-0.2, 0) is 0 Å². The second kappa shape index (κ2) is 5.52. The maximum absolute atomic E-state index is 3.93. The lowest BCUT2D eigenvalue weighted by Gasteiger charge is -2.40. The van der Waals surface area contributed by atoms with E-state index in [9.17, 15) is 0 Å². The van der Waals surface area contributed by atoms with Gasteiger partial charge in [-0.3, -0.25) is 0 Å². The van der Waals surface area contributed by atoms with Crippen molar-refractivity contribution in [2.75, 3.05) is 0 Å². The maximum Gasteiger partial charge on any atom is 0.0328 e. The van der Waals surface area contributed by atoms with Crippen LogP contribution in [0.2, 0.25) is 0 Å². The number of nitrogens with one attached hydrogen (secondary N) is 1. The van der Waals surface area contributed by atoms with Gasteiger partial charge in [-0.05, 0) is 55.6 Å². The summed E-state index contributed by atoms with van der Waals surface area (Å²) in [5, 5.41) is 3.93. The summed E-state index contributed by atoms with van der Waals surface area (Å²) >= 11 is 0. The summed E-state index contributed by atoms with van der Waals surface area (Å²) in [5.41, 5.74) is 3.60. The molecule has 0 amide bonds. The Morgan fingerprint density at radius 3 is 2.20 bits per heavy atom. The molecule has 112 valence electrons. The minimum Gasteiger partial charge on any atom is -0.305 e. The summed E-state index contributed by atoms with van der Waals surface area (Å²) in [4.78, 5) is 0. The fourth-order valence-corrected chi connectivity index (χ4v) is 4.00. The molecule has 0 saturated carbocycles. The highest BCUT2D eigenvalue weighted by molar-refractivity contribution is 5.35. The molecule has 1 nitrogen and oxygen atoms in total. The molecule has 20 heavy (non-hydrogen) atoms.